The van der Waals surface area contributed by atoms with E-state index in [1.807, 2.05) is 0 Å². The lowest BCUT2D eigenvalue weighted by Crippen LogP contribution is -2.48. The Morgan fingerprint density at radius 2 is 2.35 bits per heavy atom. The Bertz CT molecular complexity index is 509. The van der Waals surface area contributed by atoms with Crippen LogP contribution in [0.5, 0.6) is 5.88 Å². The first kappa shape index (κ1) is 14.0. The molecule has 108 valence electrons. The average molecular weight is 285 g/mol. The van der Waals surface area contributed by atoms with Crippen molar-refractivity contribution >= 4 is 11.8 Å². The highest BCUT2D eigenvalue weighted by Crippen LogP contribution is 2.21. The third kappa shape index (κ3) is 3.11. The zero-order chi connectivity index (χ0) is 14.7. The van der Waals surface area contributed by atoms with Crippen LogP contribution in [0.2, 0.25) is 0 Å². The fourth-order valence-electron chi connectivity index (χ4n) is 1.90. The monoisotopic (exact) mass is 285 g/mol. The maximum Gasteiger partial charge on any atom is 0.407 e. The third-order valence-corrected chi connectivity index (χ3v) is 2.96. The lowest BCUT2D eigenvalue weighted by molar-refractivity contribution is -0.385. The van der Waals surface area contributed by atoms with Crippen LogP contribution in [-0.2, 0) is 0 Å². The van der Waals surface area contributed by atoms with Gasteiger partial charge in [0, 0.05) is 25.1 Å². The van der Waals surface area contributed by atoms with E-state index in [1.165, 1.54) is 12.1 Å². The van der Waals surface area contributed by atoms with Crippen molar-refractivity contribution in [1.29, 1.82) is 0 Å². The number of carbonyl (C=O) groups is 1. The first-order chi connectivity index (χ1) is 9.47. The Morgan fingerprint density at radius 3 is 2.85 bits per heavy atom. The molecule has 1 amide bonds. The Morgan fingerprint density at radius 1 is 1.60 bits per heavy atom. The van der Waals surface area contributed by atoms with E-state index in [2.05, 4.69) is 4.98 Å². The second-order valence-corrected chi connectivity index (χ2v) is 4.30. The minimum Gasteiger partial charge on any atom is -0.471 e. The van der Waals surface area contributed by atoms with Gasteiger partial charge in [0.1, 0.15) is 12.3 Å². The SMILES string of the molecule is O=C(O)N1CC[C@H](Oc2ccc([N+](=O)[O-])cn2)[C@H](F)C1. The number of nitrogens with zero attached hydrogens (tertiary/aromatic N) is 3. The molecule has 1 aliphatic rings. The number of aromatic nitrogens is 1. The summed E-state index contributed by atoms with van der Waals surface area (Å²) in [4.78, 5) is 25.3. The Labute approximate surface area is 112 Å². The van der Waals surface area contributed by atoms with Crippen LogP contribution in [0.3, 0.4) is 0 Å². The molecule has 1 N–H and O–H groups in total. The average Bonchev–Trinajstić information content (AvgIpc) is 2.41. The first-order valence-corrected chi connectivity index (χ1v) is 5.86. The number of amides is 1. The standard InChI is InChI=1S/C11H12FN3O5/c12-8-6-14(11(16)17)4-3-9(8)20-10-2-1-7(5-13-10)15(18)19/h1-2,5,8-9H,3-4,6H2,(H,16,17)/t8-,9+/m1/s1. The largest absolute Gasteiger partial charge is 0.471 e. The fourth-order valence-corrected chi connectivity index (χ4v) is 1.90. The van der Waals surface area contributed by atoms with E-state index in [0.29, 0.717) is 0 Å². The van der Waals surface area contributed by atoms with Crippen LogP contribution >= 0.6 is 0 Å². The van der Waals surface area contributed by atoms with Crippen molar-refractivity contribution in [3.8, 4) is 5.88 Å². The number of alkyl halides is 1. The summed E-state index contributed by atoms with van der Waals surface area (Å²) in [6.07, 6.45) is -2.21. The summed E-state index contributed by atoms with van der Waals surface area (Å²) in [5.41, 5.74) is -0.185. The Balaban J connectivity index is 1.97. The molecule has 0 unspecified atom stereocenters. The predicted octanol–water partition coefficient (Wildman–Crippen LogP) is 1.46. The molecule has 20 heavy (non-hydrogen) atoms. The number of piperidine rings is 1. The summed E-state index contributed by atoms with van der Waals surface area (Å²) in [6.45, 7) is -0.0830. The first-order valence-electron chi connectivity index (χ1n) is 5.86. The van der Waals surface area contributed by atoms with Gasteiger partial charge in [0.05, 0.1) is 11.5 Å². The van der Waals surface area contributed by atoms with Gasteiger partial charge in [-0.05, 0) is 0 Å². The molecule has 1 fully saturated rings. The molecule has 2 heterocycles. The highest BCUT2D eigenvalue weighted by molar-refractivity contribution is 5.65. The number of nitro groups is 1. The number of likely N-dealkylation sites (tertiary alicyclic amines) is 1. The van der Waals surface area contributed by atoms with E-state index < -0.39 is 23.3 Å². The highest BCUT2D eigenvalue weighted by atomic mass is 19.1. The van der Waals surface area contributed by atoms with Crippen LogP contribution in [-0.4, -0.2) is 51.4 Å². The van der Waals surface area contributed by atoms with Gasteiger partial charge in [0.25, 0.3) is 5.69 Å². The van der Waals surface area contributed by atoms with Gasteiger partial charge < -0.3 is 14.7 Å². The van der Waals surface area contributed by atoms with Gasteiger partial charge >= 0.3 is 6.09 Å². The van der Waals surface area contributed by atoms with Gasteiger partial charge in [-0.15, -0.1) is 0 Å². The molecule has 1 saturated heterocycles. The summed E-state index contributed by atoms with van der Waals surface area (Å²) < 4.78 is 19.1. The molecule has 0 bridgehead atoms. The van der Waals surface area contributed by atoms with Crippen LogP contribution < -0.4 is 4.74 Å². The van der Waals surface area contributed by atoms with Crippen molar-refractivity contribution in [1.82, 2.24) is 9.88 Å². The van der Waals surface area contributed by atoms with E-state index in [9.17, 15) is 19.3 Å². The number of carboxylic acid groups (broad SMARTS) is 1. The third-order valence-electron chi connectivity index (χ3n) is 2.96. The van der Waals surface area contributed by atoms with E-state index in [1.54, 1.807) is 0 Å². The molecule has 1 aliphatic heterocycles. The summed E-state index contributed by atoms with van der Waals surface area (Å²) >= 11 is 0. The van der Waals surface area contributed by atoms with Gasteiger partial charge in [-0.2, -0.15) is 0 Å². The molecule has 9 heteroatoms. The number of hydrogen-bond acceptors (Lipinski definition) is 5. The molecule has 0 aromatic carbocycles. The van der Waals surface area contributed by atoms with Gasteiger partial charge in [0.15, 0.2) is 6.17 Å². The van der Waals surface area contributed by atoms with Gasteiger partial charge in [-0.3, -0.25) is 10.1 Å². The van der Waals surface area contributed by atoms with Crippen molar-refractivity contribution < 1.29 is 24.0 Å². The van der Waals surface area contributed by atoms with E-state index in [-0.39, 0.29) is 31.1 Å². The Hall–Kier alpha value is -2.45. The second-order valence-electron chi connectivity index (χ2n) is 4.30. The zero-order valence-corrected chi connectivity index (χ0v) is 10.3. The maximum atomic E-state index is 13.8. The fraction of sp³-hybridized carbons (Fsp3) is 0.455. The summed E-state index contributed by atoms with van der Waals surface area (Å²) in [6, 6.07) is 2.50. The van der Waals surface area contributed by atoms with Crippen molar-refractivity contribution in [2.75, 3.05) is 13.1 Å². The van der Waals surface area contributed by atoms with Crippen LogP contribution in [0.1, 0.15) is 6.42 Å². The number of hydrogen-bond donors (Lipinski definition) is 1. The van der Waals surface area contributed by atoms with Crippen molar-refractivity contribution in [2.24, 2.45) is 0 Å². The molecule has 0 aliphatic carbocycles. The van der Waals surface area contributed by atoms with Crippen molar-refractivity contribution in [2.45, 2.75) is 18.7 Å². The molecule has 0 saturated carbocycles. The highest BCUT2D eigenvalue weighted by Gasteiger charge is 2.33. The number of halogens is 1. The molecular weight excluding hydrogens is 273 g/mol. The number of ether oxygens (including phenoxy) is 1. The summed E-state index contributed by atoms with van der Waals surface area (Å²) in [5, 5.41) is 19.2. The van der Waals surface area contributed by atoms with E-state index in [0.717, 1.165) is 11.1 Å². The van der Waals surface area contributed by atoms with Crippen LogP contribution in [0.15, 0.2) is 18.3 Å². The molecular formula is C11H12FN3O5. The molecule has 0 radical (unpaired) electrons. The topological polar surface area (TPSA) is 106 Å². The lowest BCUT2D eigenvalue weighted by Gasteiger charge is -2.32. The zero-order valence-electron chi connectivity index (χ0n) is 10.3. The molecule has 2 atom stereocenters. The predicted molar refractivity (Wildman–Crippen MR) is 64.4 cm³/mol. The maximum absolute atomic E-state index is 13.8. The van der Waals surface area contributed by atoms with Crippen LogP contribution in [0.4, 0.5) is 14.9 Å². The van der Waals surface area contributed by atoms with Gasteiger partial charge in [-0.1, -0.05) is 0 Å². The quantitative estimate of drug-likeness (QED) is 0.665. The van der Waals surface area contributed by atoms with Crippen LogP contribution in [0, 0.1) is 10.1 Å². The normalized spacial score (nSPS) is 22.4. The van der Waals surface area contributed by atoms with Gasteiger partial charge in [-0.25, -0.2) is 14.2 Å². The molecule has 1 aromatic heterocycles. The second kappa shape index (κ2) is 5.68. The van der Waals surface area contributed by atoms with Gasteiger partial charge in [0.2, 0.25) is 5.88 Å². The molecule has 8 nitrogen and oxygen atoms in total. The van der Waals surface area contributed by atoms with E-state index in [4.69, 9.17) is 9.84 Å². The smallest absolute Gasteiger partial charge is 0.407 e. The molecule has 2 rings (SSSR count). The molecule has 1 aromatic rings. The Kier molecular flexibility index (Phi) is 3.97. The van der Waals surface area contributed by atoms with Crippen LogP contribution in [0.25, 0.3) is 0 Å². The number of rotatable bonds is 3. The minimum absolute atomic E-state index is 0.0759. The number of pyridine rings is 1. The van der Waals surface area contributed by atoms with Crippen molar-refractivity contribution in [3.05, 3.63) is 28.4 Å². The van der Waals surface area contributed by atoms with Crippen molar-refractivity contribution in [3.63, 3.8) is 0 Å². The summed E-state index contributed by atoms with van der Waals surface area (Å²) in [7, 11) is 0. The lowest BCUT2D eigenvalue weighted by atomic mass is 10.1. The molecule has 0 spiro atoms. The minimum atomic E-state index is -1.46. The van der Waals surface area contributed by atoms with E-state index >= 15 is 0 Å². The summed E-state index contributed by atoms with van der Waals surface area (Å²) in [5.74, 6) is 0.0759.